The molecule has 1 heterocycles. The second kappa shape index (κ2) is 4.00. The Kier molecular flexibility index (Phi) is 3.22. The van der Waals surface area contributed by atoms with Crippen molar-refractivity contribution in [2.45, 2.75) is 30.6 Å². The van der Waals surface area contributed by atoms with Gasteiger partial charge in [0.2, 0.25) is 0 Å². The lowest BCUT2D eigenvalue weighted by Gasteiger charge is -2.15. The molecular weight excluding hydrogens is 180 g/mol. The molecule has 70 valence electrons. The molecule has 4 nitrogen and oxygen atoms in total. The molecule has 0 bridgehead atoms. The normalized spacial score (nSPS) is 27.6. The summed E-state index contributed by atoms with van der Waals surface area (Å²) >= 11 is 1.40. The smallest absolute Gasteiger partial charge is 0.429 e. The molecule has 1 saturated heterocycles. The highest BCUT2D eigenvalue weighted by atomic mass is 32.2. The number of hydrogen-bond acceptors (Lipinski definition) is 5. The summed E-state index contributed by atoms with van der Waals surface area (Å²) in [6.07, 6.45) is -1.03. The summed E-state index contributed by atoms with van der Waals surface area (Å²) in [5.41, 5.74) is -0.262. The Hall–Kier alpha value is -0.420. The number of aliphatic hydroxyl groups is 1. The van der Waals surface area contributed by atoms with E-state index in [1.807, 2.05) is 6.92 Å². The minimum absolute atomic E-state index is 0.0458. The zero-order chi connectivity index (χ0) is 9.14. The Labute approximate surface area is 75.2 Å². The summed E-state index contributed by atoms with van der Waals surface area (Å²) in [5.74, 6) is 0. The molecule has 1 aliphatic heterocycles. The van der Waals surface area contributed by atoms with Crippen LogP contribution in [0.25, 0.3) is 0 Å². The van der Waals surface area contributed by atoms with Gasteiger partial charge >= 0.3 is 6.16 Å². The van der Waals surface area contributed by atoms with Crippen molar-refractivity contribution in [3.05, 3.63) is 0 Å². The maximum atomic E-state index is 10.5. The van der Waals surface area contributed by atoms with Gasteiger partial charge in [-0.05, 0) is 6.92 Å². The quantitative estimate of drug-likeness (QED) is 0.675. The van der Waals surface area contributed by atoms with E-state index in [9.17, 15) is 4.79 Å². The Bertz CT molecular complexity index is 171. The number of ether oxygens (including phenoxy) is 2. The van der Waals surface area contributed by atoms with Crippen molar-refractivity contribution in [3.8, 4) is 0 Å². The second-order valence-electron chi connectivity index (χ2n) is 2.69. The first-order valence-corrected chi connectivity index (χ1v) is 4.71. The molecule has 0 spiro atoms. The molecule has 0 aromatic heterocycles. The number of carbonyl (C=O) groups is 1. The van der Waals surface area contributed by atoms with Crippen LogP contribution in [-0.2, 0) is 9.47 Å². The summed E-state index contributed by atoms with van der Waals surface area (Å²) in [6, 6.07) is 0. The van der Waals surface area contributed by atoms with E-state index < -0.39 is 12.3 Å². The summed E-state index contributed by atoms with van der Waals surface area (Å²) in [6.45, 7) is 3.86. The number of cyclic esters (lactones) is 2. The molecule has 0 aromatic rings. The molecule has 5 heteroatoms. The summed E-state index contributed by atoms with van der Waals surface area (Å²) in [4.78, 5) is 10.5. The highest BCUT2D eigenvalue weighted by molar-refractivity contribution is 8.00. The fourth-order valence-corrected chi connectivity index (χ4v) is 1.72. The van der Waals surface area contributed by atoms with Crippen molar-refractivity contribution in [2.24, 2.45) is 0 Å². The van der Waals surface area contributed by atoms with Gasteiger partial charge in [-0.3, -0.25) is 0 Å². The second-order valence-corrected chi connectivity index (χ2v) is 4.23. The molecule has 1 fully saturated rings. The van der Waals surface area contributed by atoms with Gasteiger partial charge in [0.25, 0.3) is 0 Å². The maximum absolute atomic E-state index is 10.5. The van der Waals surface area contributed by atoms with E-state index in [0.717, 1.165) is 0 Å². The van der Waals surface area contributed by atoms with Crippen LogP contribution in [0, 0.1) is 0 Å². The first-order valence-electron chi connectivity index (χ1n) is 3.76. The fraction of sp³-hybridized carbons (Fsp3) is 0.857. The fourth-order valence-electron chi connectivity index (χ4n) is 0.732. The van der Waals surface area contributed by atoms with Crippen LogP contribution in [0.4, 0.5) is 4.79 Å². The number of aliphatic hydroxyl groups excluding tert-OH is 1. The van der Waals surface area contributed by atoms with Gasteiger partial charge in [-0.1, -0.05) is 6.92 Å². The van der Waals surface area contributed by atoms with Crippen LogP contribution in [0.15, 0.2) is 0 Å². The minimum Gasteiger partial charge on any atom is -0.429 e. The van der Waals surface area contributed by atoms with Gasteiger partial charge < -0.3 is 14.6 Å². The summed E-state index contributed by atoms with van der Waals surface area (Å²) in [7, 11) is 0. The molecule has 0 radical (unpaired) electrons. The van der Waals surface area contributed by atoms with Crippen LogP contribution in [0.5, 0.6) is 0 Å². The first kappa shape index (κ1) is 9.67. The van der Waals surface area contributed by atoms with Crippen molar-refractivity contribution in [3.63, 3.8) is 0 Å². The monoisotopic (exact) mass is 192 g/mol. The van der Waals surface area contributed by atoms with Crippen LogP contribution < -0.4 is 0 Å². The Balaban J connectivity index is 2.27. The SMILES string of the molecule is CC(O)C(C)SC1COC(=O)O1. The predicted molar refractivity (Wildman–Crippen MR) is 45.0 cm³/mol. The molecule has 0 saturated carbocycles. The van der Waals surface area contributed by atoms with E-state index >= 15 is 0 Å². The van der Waals surface area contributed by atoms with Crippen molar-refractivity contribution >= 4 is 17.9 Å². The van der Waals surface area contributed by atoms with E-state index in [2.05, 4.69) is 4.74 Å². The van der Waals surface area contributed by atoms with Gasteiger partial charge in [0.05, 0.1) is 6.10 Å². The van der Waals surface area contributed by atoms with E-state index in [1.165, 1.54) is 11.8 Å². The Morgan fingerprint density at radius 2 is 2.33 bits per heavy atom. The number of rotatable bonds is 3. The molecule has 3 unspecified atom stereocenters. The van der Waals surface area contributed by atoms with Gasteiger partial charge in [-0.2, -0.15) is 0 Å². The minimum atomic E-state index is -0.620. The van der Waals surface area contributed by atoms with Gasteiger partial charge in [0.1, 0.15) is 6.61 Å². The lowest BCUT2D eigenvalue weighted by molar-refractivity contribution is 0.128. The standard InChI is InChI=1S/C7H12O4S/c1-4(8)5(2)12-6-3-10-7(9)11-6/h4-6,8H,3H2,1-2H3. The maximum Gasteiger partial charge on any atom is 0.509 e. The third kappa shape index (κ3) is 2.57. The number of thioether (sulfide) groups is 1. The molecular formula is C7H12O4S. The summed E-state index contributed by atoms with van der Waals surface area (Å²) in [5, 5.41) is 9.19. The van der Waals surface area contributed by atoms with Crippen molar-refractivity contribution in [1.29, 1.82) is 0 Å². The summed E-state index contributed by atoms with van der Waals surface area (Å²) < 4.78 is 9.36. The van der Waals surface area contributed by atoms with Crippen molar-refractivity contribution in [2.75, 3.05) is 6.61 Å². The predicted octanol–water partition coefficient (Wildman–Crippen LogP) is 0.982. The Morgan fingerprint density at radius 1 is 1.67 bits per heavy atom. The molecule has 1 aliphatic rings. The van der Waals surface area contributed by atoms with E-state index in [-0.39, 0.29) is 17.3 Å². The average molecular weight is 192 g/mol. The molecule has 0 aliphatic carbocycles. The molecule has 1 rings (SSSR count). The molecule has 1 N–H and O–H groups in total. The highest BCUT2D eigenvalue weighted by Gasteiger charge is 2.28. The molecule has 0 aromatic carbocycles. The zero-order valence-electron chi connectivity index (χ0n) is 7.02. The largest absolute Gasteiger partial charge is 0.509 e. The Morgan fingerprint density at radius 3 is 2.75 bits per heavy atom. The van der Waals surface area contributed by atoms with Crippen LogP contribution >= 0.6 is 11.8 Å². The van der Waals surface area contributed by atoms with Crippen molar-refractivity contribution < 1.29 is 19.4 Å². The van der Waals surface area contributed by atoms with E-state index in [1.54, 1.807) is 6.92 Å². The van der Waals surface area contributed by atoms with Crippen LogP contribution in [-0.4, -0.2) is 34.7 Å². The van der Waals surface area contributed by atoms with Gasteiger partial charge in [-0.25, -0.2) is 4.79 Å². The van der Waals surface area contributed by atoms with Gasteiger partial charge in [0.15, 0.2) is 5.44 Å². The van der Waals surface area contributed by atoms with Crippen LogP contribution in [0.1, 0.15) is 13.8 Å². The van der Waals surface area contributed by atoms with Gasteiger partial charge in [0, 0.05) is 5.25 Å². The molecule has 0 amide bonds. The lowest BCUT2D eigenvalue weighted by atomic mass is 10.3. The first-order chi connectivity index (χ1) is 5.59. The number of hydrogen-bond donors (Lipinski definition) is 1. The van der Waals surface area contributed by atoms with Crippen LogP contribution in [0.2, 0.25) is 0 Å². The topological polar surface area (TPSA) is 55.8 Å². The average Bonchev–Trinajstić information content (AvgIpc) is 2.35. The third-order valence-electron chi connectivity index (χ3n) is 1.61. The zero-order valence-corrected chi connectivity index (χ0v) is 7.84. The third-order valence-corrected chi connectivity index (χ3v) is 2.97. The van der Waals surface area contributed by atoms with Crippen LogP contribution in [0.3, 0.4) is 0 Å². The van der Waals surface area contributed by atoms with Crippen molar-refractivity contribution in [1.82, 2.24) is 0 Å². The number of carbonyl (C=O) groups excluding carboxylic acids is 1. The molecule has 3 atom stereocenters. The lowest BCUT2D eigenvalue weighted by Crippen LogP contribution is -2.20. The van der Waals surface area contributed by atoms with E-state index in [4.69, 9.17) is 9.84 Å². The highest BCUT2D eigenvalue weighted by Crippen LogP contribution is 2.25. The molecule has 12 heavy (non-hydrogen) atoms. The van der Waals surface area contributed by atoms with E-state index in [0.29, 0.717) is 0 Å². The van der Waals surface area contributed by atoms with Gasteiger partial charge in [-0.15, -0.1) is 11.8 Å².